The first-order valence-electron chi connectivity index (χ1n) is 10.0. The minimum Gasteiger partial charge on any atom is -0.345 e. The monoisotopic (exact) mass is 443 g/mol. The molecule has 1 fully saturated rings. The topological polar surface area (TPSA) is 92.2 Å². The number of aromatic amines is 1. The van der Waals surface area contributed by atoms with Crippen LogP contribution in [0.2, 0.25) is 0 Å². The first-order valence-corrected chi connectivity index (χ1v) is 11.7. The van der Waals surface area contributed by atoms with E-state index in [1.165, 1.54) is 0 Å². The minimum atomic E-state index is -4.48. The number of nitrogens with one attached hydrogen (secondary N) is 2. The van der Waals surface area contributed by atoms with Crippen LogP contribution in [-0.2, 0) is 10.0 Å². The third kappa shape index (κ3) is 4.31. The van der Waals surface area contributed by atoms with E-state index in [9.17, 15) is 21.6 Å². The number of rotatable bonds is 7. The van der Waals surface area contributed by atoms with Gasteiger partial charge in [-0.3, -0.25) is 4.40 Å². The molecular weight excluding hydrogens is 419 g/mol. The van der Waals surface area contributed by atoms with Crippen LogP contribution >= 0.6 is 0 Å². The molecule has 3 heterocycles. The minimum absolute atomic E-state index is 0.0646. The van der Waals surface area contributed by atoms with Crippen molar-refractivity contribution in [3.63, 3.8) is 0 Å². The quantitative estimate of drug-likeness (QED) is 0.584. The fraction of sp³-hybridized carbons (Fsp3) is 0.579. The number of imidazole rings is 1. The number of aromatic nitrogens is 4. The number of sulfonamides is 1. The number of fused-ring (bicyclic) bond motifs is 3. The van der Waals surface area contributed by atoms with E-state index in [0.717, 1.165) is 41.8 Å². The molecule has 164 valence electrons. The van der Waals surface area contributed by atoms with Crippen LogP contribution in [-0.4, -0.2) is 46.2 Å². The molecular formula is C19H24F3N5O2S. The van der Waals surface area contributed by atoms with Gasteiger partial charge in [-0.15, -0.1) is 0 Å². The summed E-state index contributed by atoms with van der Waals surface area (Å²) < 4.78 is 65.4. The Morgan fingerprint density at radius 2 is 2.07 bits per heavy atom. The number of nitrogens with zero attached hydrogens (tertiary/aromatic N) is 3. The van der Waals surface area contributed by atoms with Gasteiger partial charge < -0.3 is 4.98 Å². The fourth-order valence-electron chi connectivity index (χ4n) is 4.54. The fourth-order valence-corrected chi connectivity index (χ4v) is 5.68. The maximum absolute atomic E-state index is 12.3. The summed E-state index contributed by atoms with van der Waals surface area (Å²) in [6, 6.07) is 1.95. The van der Waals surface area contributed by atoms with E-state index in [1.54, 1.807) is 6.20 Å². The molecule has 1 saturated carbocycles. The lowest BCUT2D eigenvalue weighted by atomic mass is 9.91. The standard InChI is InChI=1S/C19H24F3N5O2S/c1-2-13-7-12(9-26-30(28,29)6-4-19(20,21)22)8-14(13)16-10-24-17-11-25-18-15(27(16)17)3-5-23-18/h3,5,10-14,23,26H,2,4,6-9H2,1H3/t12-,13+,14-/m1/s1. The highest BCUT2D eigenvalue weighted by atomic mass is 32.2. The molecule has 0 spiro atoms. The van der Waals surface area contributed by atoms with E-state index < -0.39 is 28.4 Å². The van der Waals surface area contributed by atoms with E-state index in [0.29, 0.717) is 5.92 Å². The van der Waals surface area contributed by atoms with Gasteiger partial charge in [0.2, 0.25) is 10.0 Å². The normalized spacial score (nSPS) is 23.0. The molecule has 3 aromatic heterocycles. The lowest BCUT2D eigenvalue weighted by molar-refractivity contribution is -0.129. The van der Waals surface area contributed by atoms with Crippen molar-refractivity contribution >= 4 is 26.8 Å². The molecule has 11 heteroatoms. The maximum atomic E-state index is 12.3. The molecule has 0 bridgehead atoms. The van der Waals surface area contributed by atoms with Gasteiger partial charge in [0.05, 0.1) is 23.9 Å². The van der Waals surface area contributed by atoms with Crippen molar-refractivity contribution in [3.05, 3.63) is 30.4 Å². The Morgan fingerprint density at radius 1 is 1.27 bits per heavy atom. The summed E-state index contributed by atoms with van der Waals surface area (Å²) >= 11 is 0. The van der Waals surface area contributed by atoms with Gasteiger partial charge in [-0.25, -0.2) is 23.1 Å². The Kier molecular flexibility index (Phi) is 5.52. The molecule has 0 radical (unpaired) electrons. The van der Waals surface area contributed by atoms with Crippen molar-refractivity contribution in [3.8, 4) is 0 Å². The van der Waals surface area contributed by atoms with E-state index in [2.05, 4.69) is 31.0 Å². The van der Waals surface area contributed by atoms with Gasteiger partial charge in [0.25, 0.3) is 0 Å². The van der Waals surface area contributed by atoms with E-state index >= 15 is 0 Å². The highest BCUT2D eigenvalue weighted by Gasteiger charge is 2.37. The van der Waals surface area contributed by atoms with Crippen LogP contribution in [0, 0.1) is 11.8 Å². The summed E-state index contributed by atoms with van der Waals surface area (Å²) in [5.41, 5.74) is 3.52. The summed E-state index contributed by atoms with van der Waals surface area (Å²) in [6.07, 6.45) is 2.07. The SMILES string of the molecule is CC[C@H]1C[C@@H](CNS(=O)(=O)CCC(F)(F)F)C[C@H]1c1cnc2cnc3[nH]ccc3n12. The largest absolute Gasteiger partial charge is 0.390 e. The second-order valence-electron chi connectivity index (χ2n) is 7.99. The van der Waals surface area contributed by atoms with Crippen molar-refractivity contribution in [1.82, 2.24) is 24.1 Å². The second kappa shape index (κ2) is 7.84. The average Bonchev–Trinajstić information content (AvgIpc) is 3.40. The van der Waals surface area contributed by atoms with Gasteiger partial charge in [-0.2, -0.15) is 13.2 Å². The molecule has 30 heavy (non-hydrogen) atoms. The Balaban J connectivity index is 1.50. The molecule has 7 nitrogen and oxygen atoms in total. The third-order valence-corrected chi connectivity index (χ3v) is 7.36. The van der Waals surface area contributed by atoms with Gasteiger partial charge in [-0.1, -0.05) is 13.3 Å². The third-order valence-electron chi connectivity index (χ3n) is 6.01. The number of H-pyrrole nitrogens is 1. The summed E-state index contributed by atoms with van der Waals surface area (Å²) in [6.45, 7) is 2.26. The molecule has 1 aliphatic rings. The molecule has 0 amide bonds. The molecule has 2 N–H and O–H groups in total. The predicted octanol–water partition coefficient (Wildman–Crippen LogP) is 3.60. The molecule has 3 aromatic rings. The van der Waals surface area contributed by atoms with Crippen molar-refractivity contribution < 1.29 is 21.6 Å². The van der Waals surface area contributed by atoms with Gasteiger partial charge >= 0.3 is 6.18 Å². The summed E-state index contributed by atoms with van der Waals surface area (Å²) in [5, 5.41) is 0. The molecule has 0 aliphatic heterocycles. The smallest absolute Gasteiger partial charge is 0.345 e. The summed E-state index contributed by atoms with van der Waals surface area (Å²) in [4.78, 5) is 11.9. The maximum Gasteiger partial charge on any atom is 0.390 e. The molecule has 0 aromatic carbocycles. The van der Waals surface area contributed by atoms with Crippen LogP contribution in [0.5, 0.6) is 0 Å². The summed E-state index contributed by atoms with van der Waals surface area (Å²) in [7, 11) is -3.95. The first kappa shape index (κ1) is 21.1. The van der Waals surface area contributed by atoms with Crippen molar-refractivity contribution in [2.24, 2.45) is 11.8 Å². The molecule has 0 saturated heterocycles. The lowest BCUT2D eigenvalue weighted by Crippen LogP contribution is -2.32. The van der Waals surface area contributed by atoms with Gasteiger partial charge in [-0.05, 0) is 30.7 Å². The zero-order valence-corrected chi connectivity index (χ0v) is 17.3. The zero-order valence-electron chi connectivity index (χ0n) is 16.5. The molecule has 1 aliphatic carbocycles. The van der Waals surface area contributed by atoms with Gasteiger partial charge in [0, 0.05) is 30.6 Å². The first-order chi connectivity index (χ1) is 14.2. The number of hydrogen-bond donors (Lipinski definition) is 2. The Labute approximate surface area is 172 Å². The second-order valence-corrected chi connectivity index (χ2v) is 9.92. The van der Waals surface area contributed by atoms with Crippen molar-refractivity contribution in [2.75, 3.05) is 12.3 Å². The van der Waals surface area contributed by atoms with Crippen molar-refractivity contribution in [2.45, 2.75) is 44.7 Å². The van der Waals surface area contributed by atoms with Crippen molar-refractivity contribution in [1.29, 1.82) is 0 Å². The van der Waals surface area contributed by atoms with Gasteiger partial charge in [0.1, 0.15) is 0 Å². The average molecular weight is 443 g/mol. The zero-order chi connectivity index (χ0) is 21.5. The highest BCUT2D eigenvalue weighted by molar-refractivity contribution is 7.89. The summed E-state index contributed by atoms with van der Waals surface area (Å²) in [5.74, 6) is -0.336. The molecule has 0 unspecified atom stereocenters. The lowest BCUT2D eigenvalue weighted by Gasteiger charge is -2.17. The van der Waals surface area contributed by atoms with Crippen LogP contribution in [0.4, 0.5) is 13.2 Å². The van der Waals surface area contributed by atoms with E-state index in [1.807, 2.05) is 18.5 Å². The van der Waals surface area contributed by atoms with Crippen LogP contribution in [0.15, 0.2) is 24.7 Å². The van der Waals surface area contributed by atoms with E-state index in [-0.39, 0.29) is 18.4 Å². The number of halogens is 3. The van der Waals surface area contributed by atoms with Gasteiger partial charge in [0.15, 0.2) is 11.3 Å². The highest BCUT2D eigenvalue weighted by Crippen LogP contribution is 2.45. The van der Waals surface area contributed by atoms with Crippen LogP contribution in [0.25, 0.3) is 16.8 Å². The van der Waals surface area contributed by atoms with Crippen LogP contribution in [0.3, 0.4) is 0 Å². The molecule has 4 rings (SSSR count). The predicted molar refractivity (Wildman–Crippen MR) is 107 cm³/mol. The van der Waals surface area contributed by atoms with Crippen LogP contribution in [0.1, 0.15) is 44.2 Å². The van der Waals surface area contributed by atoms with Crippen LogP contribution < -0.4 is 4.72 Å². The number of hydrogen-bond acceptors (Lipinski definition) is 4. The number of alkyl halides is 3. The Bertz CT molecular complexity index is 1140. The Hall–Kier alpha value is -2.14. The Morgan fingerprint density at radius 3 is 2.80 bits per heavy atom. The van der Waals surface area contributed by atoms with E-state index in [4.69, 9.17) is 0 Å². The molecule has 3 atom stereocenters.